The molecule has 0 bridgehead atoms. The molecular formula is C11H9Cl2NO. The van der Waals surface area contributed by atoms with E-state index in [-0.39, 0.29) is 0 Å². The van der Waals surface area contributed by atoms with Gasteiger partial charge in [-0.25, -0.2) is 0 Å². The molecule has 0 atom stereocenters. The highest BCUT2D eigenvalue weighted by atomic mass is 35.5. The van der Waals surface area contributed by atoms with E-state index < -0.39 is 0 Å². The lowest BCUT2D eigenvalue weighted by atomic mass is 10.2. The van der Waals surface area contributed by atoms with Crippen molar-refractivity contribution in [2.45, 2.75) is 6.54 Å². The molecule has 0 saturated heterocycles. The second-order valence-corrected chi connectivity index (χ2v) is 3.94. The largest absolute Gasteiger partial charge is 0.460 e. The van der Waals surface area contributed by atoms with Crippen LogP contribution in [0.5, 0.6) is 0 Å². The van der Waals surface area contributed by atoms with Gasteiger partial charge >= 0.3 is 0 Å². The Bertz CT molecular complexity index is 479. The third kappa shape index (κ3) is 2.17. The molecule has 0 radical (unpaired) electrons. The van der Waals surface area contributed by atoms with Crippen molar-refractivity contribution in [1.82, 2.24) is 0 Å². The lowest BCUT2D eigenvalue weighted by Crippen LogP contribution is -1.92. The molecule has 2 aromatic rings. The Morgan fingerprint density at radius 1 is 1.13 bits per heavy atom. The molecule has 1 heterocycles. The monoisotopic (exact) mass is 241 g/mol. The molecule has 2 N–H and O–H groups in total. The summed E-state index contributed by atoms with van der Waals surface area (Å²) in [5.74, 6) is 1.44. The van der Waals surface area contributed by atoms with Crippen LogP contribution in [0.4, 0.5) is 0 Å². The summed E-state index contributed by atoms with van der Waals surface area (Å²) in [7, 11) is 0. The molecule has 0 saturated carbocycles. The van der Waals surface area contributed by atoms with Crippen molar-refractivity contribution in [3.05, 3.63) is 46.1 Å². The van der Waals surface area contributed by atoms with E-state index in [0.29, 0.717) is 22.4 Å². The summed E-state index contributed by atoms with van der Waals surface area (Å²) < 4.78 is 5.49. The van der Waals surface area contributed by atoms with Gasteiger partial charge in [-0.2, -0.15) is 0 Å². The van der Waals surface area contributed by atoms with Gasteiger partial charge in [0.25, 0.3) is 0 Å². The van der Waals surface area contributed by atoms with Crippen molar-refractivity contribution in [3.8, 4) is 11.3 Å². The summed E-state index contributed by atoms with van der Waals surface area (Å²) in [5.41, 5.74) is 6.28. The SMILES string of the molecule is NCc1ccc(-c2ccc(Cl)cc2Cl)o1. The van der Waals surface area contributed by atoms with Gasteiger partial charge < -0.3 is 10.2 Å². The van der Waals surface area contributed by atoms with E-state index in [1.807, 2.05) is 18.2 Å². The number of hydrogen-bond acceptors (Lipinski definition) is 2. The minimum Gasteiger partial charge on any atom is -0.460 e. The lowest BCUT2D eigenvalue weighted by molar-refractivity contribution is 0.525. The number of hydrogen-bond donors (Lipinski definition) is 1. The maximum absolute atomic E-state index is 6.04. The van der Waals surface area contributed by atoms with Crippen molar-refractivity contribution >= 4 is 23.2 Å². The van der Waals surface area contributed by atoms with Crippen LogP contribution in [0.15, 0.2) is 34.7 Å². The second kappa shape index (κ2) is 4.27. The second-order valence-electron chi connectivity index (χ2n) is 3.09. The van der Waals surface area contributed by atoms with Crippen LogP contribution in [0.2, 0.25) is 10.0 Å². The zero-order chi connectivity index (χ0) is 10.8. The average Bonchev–Trinajstić information content (AvgIpc) is 2.66. The van der Waals surface area contributed by atoms with Gasteiger partial charge in [-0.3, -0.25) is 0 Å². The molecule has 0 amide bonds. The van der Waals surface area contributed by atoms with Gasteiger partial charge in [0.05, 0.1) is 11.6 Å². The standard InChI is InChI=1S/C11H9Cl2NO/c12-7-1-3-9(10(13)5-7)11-4-2-8(6-14)15-11/h1-5H,6,14H2. The van der Waals surface area contributed by atoms with Gasteiger partial charge in [0, 0.05) is 10.6 Å². The average molecular weight is 242 g/mol. The molecule has 0 aliphatic rings. The fourth-order valence-corrected chi connectivity index (χ4v) is 1.82. The zero-order valence-corrected chi connectivity index (χ0v) is 9.35. The molecule has 15 heavy (non-hydrogen) atoms. The van der Waals surface area contributed by atoms with E-state index in [9.17, 15) is 0 Å². The fourth-order valence-electron chi connectivity index (χ4n) is 1.32. The molecule has 0 fully saturated rings. The fraction of sp³-hybridized carbons (Fsp3) is 0.0909. The third-order valence-corrected chi connectivity index (χ3v) is 2.61. The molecule has 4 heteroatoms. The van der Waals surface area contributed by atoms with Gasteiger partial charge in [0.15, 0.2) is 0 Å². The van der Waals surface area contributed by atoms with Crippen LogP contribution >= 0.6 is 23.2 Å². The summed E-state index contributed by atoms with van der Waals surface area (Å²) in [4.78, 5) is 0. The van der Waals surface area contributed by atoms with Crippen LogP contribution in [0.3, 0.4) is 0 Å². The van der Waals surface area contributed by atoms with Crippen molar-refractivity contribution < 1.29 is 4.42 Å². The molecule has 0 unspecified atom stereocenters. The van der Waals surface area contributed by atoms with Crippen LogP contribution in [-0.2, 0) is 6.54 Å². The minimum atomic E-state index is 0.380. The first-order valence-electron chi connectivity index (χ1n) is 4.45. The van der Waals surface area contributed by atoms with E-state index in [0.717, 1.165) is 11.3 Å². The van der Waals surface area contributed by atoms with E-state index >= 15 is 0 Å². The van der Waals surface area contributed by atoms with Crippen molar-refractivity contribution in [1.29, 1.82) is 0 Å². The Morgan fingerprint density at radius 2 is 1.93 bits per heavy atom. The summed E-state index contributed by atoms with van der Waals surface area (Å²) >= 11 is 11.8. The number of furan rings is 1. The first kappa shape index (κ1) is 10.6. The van der Waals surface area contributed by atoms with Gasteiger partial charge in [-0.1, -0.05) is 23.2 Å². The van der Waals surface area contributed by atoms with Crippen LogP contribution in [0.1, 0.15) is 5.76 Å². The Kier molecular flexibility index (Phi) is 3.00. The number of nitrogens with two attached hydrogens (primary N) is 1. The Labute approximate surface area is 97.6 Å². The van der Waals surface area contributed by atoms with Crippen molar-refractivity contribution in [2.75, 3.05) is 0 Å². The molecule has 2 rings (SSSR count). The molecule has 2 nitrogen and oxygen atoms in total. The Morgan fingerprint density at radius 3 is 2.53 bits per heavy atom. The van der Waals surface area contributed by atoms with Gasteiger partial charge in [0.1, 0.15) is 11.5 Å². The molecule has 78 valence electrons. The summed E-state index contributed by atoms with van der Waals surface area (Å²) in [6.45, 7) is 0.380. The van der Waals surface area contributed by atoms with Crippen LogP contribution < -0.4 is 5.73 Å². The summed E-state index contributed by atoms with van der Waals surface area (Å²) in [5, 5.41) is 1.18. The highest BCUT2D eigenvalue weighted by molar-refractivity contribution is 6.36. The highest BCUT2D eigenvalue weighted by Crippen LogP contribution is 2.31. The lowest BCUT2D eigenvalue weighted by Gasteiger charge is -2.00. The quantitative estimate of drug-likeness (QED) is 0.871. The molecular weight excluding hydrogens is 233 g/mol. The third-order valence-electron chi connectivity index (χ3n) is 2.06. The molecule has 0 spiro atoms. The summed E-state index contributed by atoms with van der Waals surface area (Å²) in [6.07, 6.45) is 0. The number of benzene rings is 1. The van der Waals surface area contributed by atoms with E-state index in [2.05, 4.69) is 0 Å². The maximum Gasteiger partial charge on any atom is 0.135 e. The molecule has 1 aromatic heterocycles. The molecule has 1 aromatic carbocycles. The number of halogens is 2. The zero-order valence-electron chi connectivity index (χ0n) is 7.84. The topological polar surface area (TPSA) is 39.2 Å². The van der Waals surface area contributed by atoms with Gasteiger partial charge in [-0.15, -0.1) is 0 Å². The smallest absolute Gasteiger partial charge is 0.135 e. The predicted octanol–water partition coefficient (Wildman–Crippen LogP) is 3.71. The highest BCUT2D eigenvalue weighted by Gasteiger charge is 2.08. The number of rotatable bonds is 2. The maximum atomic E-state index is 6.04. The molecule has 0 aliphatic carbocycles. The van der Waals surface area contributed by atoms with E-state index in [4.69, 9.17) is 33.4 Å². The van der Waals surface area contributed by atoms with E-state index in [1.165, 1.54) is 0 Å². The molecule has 0 aliphatic heterocycles. The van der Waals surface area contributed by atoms with Gasteiger partial charge in [0.2, 0.25) is 0 Å². The van der Waals surface area contributed by atoms with Crippen molar-refractivity contribution in [3.63, 3.8) is 0 Å². The Balaban J connectivity index is 2.44. The normalized spacial score (nSPS) is 10.6. The van der Waals surface area contributed by atoms with Crippen LogP contribution in [-0.4, -0.2) is 0 Å². The predicted molar refractivity (Wildman–Crippen MR) is 62.1 cm³/mol. The minimum absolute atomic E-state index is 0.380. The Hall–Kier alpha value is -0.960. The first-order valence-corrected chi connectivity index (χ1v) is 5.20. The van der Waals surface area contributed by atoms with Crippen LogP contribution in [0, 0.1) is 0 Å². The van der Waals surface area contributed by atoms with E-state index in [1.54, 1.807) is 12.1 Å². The van der Waals surface area contributed by atoms with Gasteiger partial charge in [-0.05, 0) is 30.3 Å². The first-order chi connectivity index (χ1) is 7.20. The van der Waals surface area contributed by atoms with Crippen LogP contribution in [0.25, 0.3) is 11.3 Å². The van der Waals surface area contributed by atoms with Crippen molar-refractivity contribution in [2.24, 2.45) is 5.73 Å². The summed E-state index contributed by atoms with van der Waals surface area (Å²) in [6, 6.07) is 8.96.